The molecule has 6 heteroatoms. The predicted octanol–water partition coefficient (Wildman–Crippen LogP) is 2.84. The van der Waals surface area contributed by atoms with Gasteiger partial charge in [-0.2, -0.15) is 0 Å². The van der Waals surface area contributed by atoms with E-state index in [2.05, 4.69) is 37.5 Å². The summed E-state index contributed by atoms with van der Waals surface area (Å²) in [5.74, 6) is 0.671. The van der Waals surface area contributed by atoms with Gasteiger partial charge in [-0.1, -0.05) is 13.8 Å². The van der Waals surface area contributed by atoms with Crippen molar-refractivity contribution in [2.75, 3.05) is 26.2 Å². The molecule has 1 aliphatic heterocycles. The van der Waals surface area contributed by atoms with Crippen molar-refractivity contribution in [3.63, 3.8) is 0 Å². The van der Waals surface area contributed by atoms with E-state index in [1.54, 1.807) is 11.3 Å². The average Bonchev–Trinajstić information content (AvgIpc) is 2.84. The molecule has 22 heavy (non-hydrogen) atoms. The number of hydrogen-bond acceptors (Lipinski definition) is 4. The Bertz CT molecular complexity index is 459. The highest BCUT2D eigenvalue weighted by atomic mass is 35.5. The Kier molecular flexibility index (Phi) is 8.39. The molecule has 1 atom stereocenters. The molecular weight excluding hydrogens is 320 g/mol. The van der Waals surface area contributed by atoms with Crippen molar-refractivity contribution in [3.05, 3.63) is 21.9 Å². The number of carbonyl (C=O) groups excluding carboxylic acids is 1. The van der Waals surface area contributed by atoms with E-state index < -0.39 is 0 Å². The van der Waals surface area contributed by atoms with Crippen LogP contribution in [0, 0.1) is 12.8 Å². The molecule has 1 N–H and O–H groups in total. The molecule has 1 fully saturated rings. The molecule has 1 aromatic rings. The molecule has 0 aliphatic carbocycles. The van der Waals surface area contributed by atoms with Gasteiger partial charge >= 0.3 is 0 Å². The zero-order valence-electron chi connectivity index (χ0n) is 13.6. The SMILES string of the molecule is Cc1ccsc1CN(CC(C)C)C(=O)CC1CNCCO1.Cl. The number of morpholine rings is 1. The Hall–Kier alpha value is -0.620. The molecule has 2 heterocycles. The number of nitrogens with zero attached hydrogens (tertiary/aromatic N) is 1. The molecule has 0 spiro atoms. The lowest BCUT2D eigenvalue weighted by Crippen LogP contribution is -2.43. The van der Waals surface area contributed by atoms with E-state index in [1.807, 2.05) is 4.90 Å². The summed E-state index contributed by atoms with van der Waals surface area (Å²) in [6, 6.07) is 2.12. The molecule has 0 radical (unpaired) electrons. The molecule has 0 aromatic carbocycles. The van der Waals surface area contributed by atoms with Crippen LogP contribution in [0.1, 0.15) is 30.7 Å². The van der Waals surface area contributed by atoms with Crippen molar-refractivity contribution >= 4 is 29.7 Å². The lowest BCUT2D eigenvalue weighted by atomic mass is 10.1. The normalized spacial score (nSPS) is 18.1. The quantitative estimate of drug-likeness (QED) is 0.861. The molecule has 2 rings (SSSR count). The summed E-state index contributed by atoms with van der Waals surface area (Å²) in [6.07, 6.45) is 0.495. The van der Waals surface area contributed by atoms with Gasteiger partial charge in [0.1, 0.15) is 0 Å². The first-order valence-electron chi connectivity index (χ1n) is 7.69. The van der Waals surface area contributed by atoms with Crippen molar-refractivity contribution in [2.24, 2.45) is 5.92 Å². The molecule has 1 aliphatic rings. The van der Waals surface area contributed by atoms with Gasteiger partial charge < -0.3 is 15.0 Å². The lowest BCUT2D eigenvalue weighted by Gasteiger charge is -2.28. The van der Waals surface area contributed by atoms with Crippen LogP contribution in [0.3, 0.4) is 0 Å². The van der Waals surface area contributed by atoms with Gasteiger partial charge in [0.15, 0.2) is 0 Å². The highest BCUT2D eigenvalue weighted by Crippen LogP contribution is 2.19. The average molecular weight is 347 g/mol. The Morgan fingerprint density at radius 3 is 2.86 bits per heavy atom. The van der Waals surface area contributed by atoms with Crippen molar-refractivity contribution in [1.29, 1.82) is 0 Å². The van der Waals surface area contributed by atoms with Crippen LogP contribution in [0.25, 0.3) is 0 Å². The number of aryl methyl sites for hydroxylation is 1. The summed E-state index contributed by atoms with van der Waals surface area (Å²) in [7, 11) is 0. The fourth-order valence-corrected chi connectivity index (χ4v) is 3.43. The zero-order chi connectivity index (χ0) is 15.2. The third-order valence-corrected chi connectivity index (χ3v) is 4.66. The topological polar surface area (TPSA) is 41.6 Å². The third kappa shape index (κ3) is 5.88. The Morgan fingerprint density at radius 2 is 2.32 bits per heavy atom. The first-order valence-corrected chi connectivity index (χ1v) is 8.57. The third-order valence-electron chi connectivity index (χ3n) is 3.65. The number of amides is 1. The van der Waals surface area contributed by atoms with Crippen molar-refractivity contribution in [2.45, 2.75) is 39.8 Å². The standard InChI is InChI=1S/C16H26N2O2S.ClH/c1-12(2)10-18(11-15-13(3)4-7-21-15)16(19)8-14-9-17-5-6-20-14;/h4,7,12,14,17H,5-6,8-11H2,1-3H3;1H. The highest BCUT2D eigenvalue weighted by molar-refractivity contribution is 7.10. The van der Waals surface area contributed by atoms with Crippen LogP contribution in [-0.4, -0.2) is 43.2 Å². The first kappa shape index (κ1) is 19.4. The molecule has 1 unspecified atom stereocenters. The minimum absolute atomic E-state index is 0. The summed E-state index contributed by atoms with van der Waals surface area (Å²) in [5, 5.41) is 5.38. The van der Waals surface area contributed by atoms with Gasteiger partial charge in [-0.05, 0) is 29.9 Å². The summed E-state index contributed by atoms with van der Waals surface area (Å²) < 4.78 is 5.66. The number of thiophene rings is 1. The molecule has 1 aromatic heterocycles. The van der Waals surface area contributed by atoms with Gasteiger partial charge in [-0.3, -0.25) is 4.79 Å². The minimum Gasteiger partial charge on any atom is -0.375 e. The van der Waals surface area contributed by atoms with E-state index in [1.165, 1.54) is 10.4 Å². The number of nitrogens with one attached hydrogen (secondary N) is 1. The summed E-state index contributed by atoms with van der Waals surface area (Å²) in [4.78, 5) is 15.9. The van der Waals surface area contributed by atoms with E-state index >= 15 is 0 Å². The molecular formula is C16H27ClN2O2S. The maximum Gasteiger partial charge on any atom is 0.225 e. The second-order valence-corrected chi connectivity index (χ2v) is 7.10. The summed E-state index contributed by atoms with van der Waals surface area (Å²) in [6.45, 7) is 10.3. The van der Waals surface area contributed by atoms with E-state index in [0.717, 1.165) is 26.2 Å². The lowest BCUT2D eigenvalue weighted by molar-refractivity contribution is -0.135. The van der Waals surface area contributed by atoms with Gasteiger partial charge in [-0.15, -0.1) is 23.7 Å². The van der Waals surface area contributed by atoms with Crippen molar-refractivity contribution in [1.82, 2.24) is 10.2 Å². The van der Waals surface area contributed by atoms with Crippen LogP contribution in [0.2, 0.25) is 0 Å². The van der Waals surface area contributed by atoms with E-state index in [-0.39, 0.29) is 24.4 Å². The maximum absolute atomic E-state index is 12.6. The molecule has 1 amide bonds. The number of ether oxygens (including phenoxy) is 1. The van der Waals surface area contributed by atoms with Gasteiger partial charge in [0, 0.05) is 24.5 Å². The highest BCUT2D eigenvalue weighted by Gasteiger charge is 2.22. The van der Waals surface area contributed by atoms with Crippen LogP contribution >= 0.6 is 23.7 Å². The molecule has 1 saturated heterocycles. The first-order chi connectivity index (χ1) is 10.1. The predicted molar refractivity (Wildman–Crippen MR) is 93.8 cm³/mol. The van der Waals surface area contributed by atoms with Crippen LogP contribution in [-0.2, 0) is 16.1 Å². The fraction of sp³-hybridized carbons (Fsp3) is 0.688. The van der Waals surface area contributed by atoms with Crippen LogP contribution in [0.4, 0.5) is 0 Å². The zero-order valence-corrected chi connectivity index (χ0v) is 15.3. The Balaban J connectivity index is 0.00000242. The van der Waals surface area contributed by atoms with Crippen LogP contribution in [0.15, 0.2) is 11.4 Å². The number of carbonyl (C=O) groups is 1. The fourth-order valence-electron chi connectivity index (χ4n) is 2.51. The van der Waals surface area contributed by atoms with Gasteiger partial charge in [0.2, 0.25) is 5.91 Å². The summed E-state index contributed by atoms with van der Waals surface area (Å²) >= 11 is 1.73. The van der Waals surface area contributed by atoms with E-state index in [4.69, 9.17) is 4.74 Å². The monoisotopic (exact) mass is 346 g/mol. The van der Waals surface area contributed by atoms with Gasteiger partial charge in [0.25, 0.3) is 0 Å². The van der Waals surface area contributed by atoms with Gasteiger partial charge in [-0.25, -0.2) is 0 Å². The number of halogens is 1. The van der Waals surface area contributed by atoms with Gasteiger partial charge in [0.05, 0.1) is 25.7 Å². The molecule has 0 saturated carbocycles. The van der Waals surface area contributed by atoms with Crippen molar-refractivity contribution in [3.8, 4) is 0 Å². The van der Waals surface area contributed by atoms with E-state index in [9.17, 15) is 4.79 Å². The smallest absolute Gasteiger partial charge is 0.225 e. The molecule has 0 bridgehead atoms. The second kappa shape index (κ2) is 9.50. The van der Waals surface area contributed by atoms with E-state index in [0.29, 0.717) is 18.9 Å². The summed E-state index contributed by atoms with van der Waals surface area (Å²) in [5.41, 5.74) is 1.28. The van der Waals surface area contributed by atoms with Crippen LogP contribution < -0.4 is 5.32 Å². The molecule has 126 valence electrons. The van der Waals surface area contributed by atoms with Crippen molar-refractivity contribution < 1.29 is 9.53 Å². The van der Waals surface area contributed by atoms with Crippen LogP contribution in [0.5, 0.6) is 0 Å². The largest absolute Gasteiger partial charge is 0.375 e. The number of rotatable bonds is 6. The molecule has 4 nitrogen and oxygen atoms in total. The second-order valence-electron chi connectivity index (χ2n) is 6.10. The Morgan fingerprint density at radius 1 is 1.55 bits per heavy atom. The maximum atomic E-state index is 12.6. The number of hydrogen-bond donors (Lipinski definition) is 1. The minimum atomic E-state index is 0. The Labute approximate surface area is 143 Å².